The second-order valence-corrected chi connectivity index (χ2v) is 49.2. The summed E-state index contributed by atoms with van der Waals surface area (Å²) in [6.07, 6.45) is 31.8. The van der Waals surface area contributed by atoms with Gasteiger partial charge in [-0.15, -0.1) is 0 Å². The molecule has 130 heavy (non-hydrogen) atoms. The molecule has 20 atom stereocenters. The van der Waals surface area contributed by atoms with Gasteiger partial charge in [-0.2, -0.15) is 13.2 Å². The van der Waals surface area contributed by atoms with Crippen molar-refractivity contribution >= 4 is 29.8 Å². The normalized spacial score (nSPS) is 40.8. The van der Waals surface area contributed by atoms with Crippen molar-refractivity contribution in [3.8, 4) is 0 Å². The molecule has 0 saturated heterocycles. The van der Waals surface area contributed by atoms with Gasteiger partial charge >= 0.3 is 36.0 Å². The Morgan fingerprint density at radius 2 is 0.615 bits per heavy atom. The van der Waals surface area contributed by atoms with Crippen molar-refractivity contribution in [3.63, 3.8) is 0 Å². The highest BCUT2D eigenvalue weighted by Crippen LogP contribution is 2.68. The van der Waals surface area contributed by atoms with Crippen LogP contribution in [0.2, 0.25) is 0 Å². The summed E-state index contributed by atoms with van der Waals surface area (Å²) >= 11 is 0. The number of rotatable bonds is 32. The standard InChI is InChI=1S/C28H42O4.C23H38O4.C19H27F3O4.C19H30O4.C18H28O4/c1-16(2)25(29)31-27-11-18-8-19(12-27)14-28(13-18,15-27)32-26(17(3)4)30-24-10-20-9-23(24)22-7-5-6-21(20)22;1-15(2)19(24)26-22-9-17-8-18(10-22)12-23(11-17,13-22)27-20(16(3)4)25-14-21(5,6)7;1-11(2)16(24-4)26-18-8-13-5-14(9-18)7-17(6-13,10-18)25-15(23)12(3)19(20,21)22;1-12(2)16(20)22-18-7-14-6-15(8-18)10-19(9-14,11-18)23-17(21-5)13(3)4;1-5-15(19)21-17-7-13-6-14(8-17)10-18(9-13,11-17)22-16(20-4)12(2)3/h17-24,26H,1,5-15H2,2-4H3;16-18,20H,1,8-14H2,2-7H3;11,13-14,16H,3,5-10H2,1-2,4H3;13-15,17H,1,6-11H2,2-5H3;5,12-14,16H,1,6-11H2,2-4H3. The van der Waals surface area contributed by atoms with Crippen molar-refractivity contribution in [2.24, 2.45) is 118 Å². The number of hydrogen-bond acceptors (Lipinski definition) is 20. The number of hydrogen-bond donors (Lipinski definition) is 0. The zero-order valence-corrected chi connectivity index (χ0v) is 82.8. The first-order chi connectivity index (χ1) is 60.8. The first-order valence-corrected chi connectivity index (χ1v) is 50.5. The Kier molecular flexibility index (Phi) is 30.1. The van der Waals surface area contributed by atoms with E-state index < -0.39 is 28.9 Å². The lowest BCUT2D eigenvalue weighted by atomic mass is 9.52. The highest BCUT2D eigenvalue weighted by Gasteiger charge is 2.68. The van der Waals surface area contributed by atoms with Crippen LogP contribution in [0.5, 0.6) is 0 Å². The molecule has 23 saturated carbocycles. The zero-order chi connectivity index (χ0) is 94.4. The van der Waals surface area contributed by atoms with Crippen LogP contribution >= 0.6 is 0 Å². The van der Waals surface area contributed by atoms with E-state index in [4.69, 9.17) is 71.1 Å². The fourth-order valence-corrected chi connectivity index (χ4v) is 31.2. The minimum absolute atomic E-state index is 0.107. The fraction of sp³-hybridized carbons (Fsp3) is 0.860. The van der Waals surface area contributed by atoms with E-state index in [1.807, 2.05) is 13.8 Å². The van der Waals surface area contributed by atoms with Crippen molar-refractivity contribution in [3.05, 3.63) is 61.3 Å². The van der Waals surface area contributed by atoms with Crippen LogP contribution in [0.15, 0.2) is 61.3 Å². The molecule has 0 heterocycles. The van der Waals surface area contributed by atoms with E-state index >= 15 is 0 Å². The Morgan fingerprint density at radius 3 is 0.877 bits per heavy atom. The minimum Gasteiger partial charge on any atom is -0.456 e. The van der Waals surface area contributed by atoms with Gasteiger partial charge in [0.1, 0.15) is 33.6 Å². The molecule has 0 spiro atoms. The van der Waals surface area contributed by atoms with Crippen molar-refractivity contribution in [1.82, 2.24) is 0 Å². The number of methoxy groups -OCH3 is 3. The molecule has 734 valence electrons. The second kappa shape index (κ2) is 38.7. The first kappa shape index (κ1) is 101. The van der Waals surface area contributed by atoms with E-state index in [2.05, 4.69) is 109 Å². The molecule has 0 radical (unpaired) electrons. The number of halogens is 3. The summed E-state index contributed by atoms with van der Waals surface area (Å²) in [5, 5.41) is 0. The Balaban J connectivity index is 0.000000132. The molecule has 0 aromatic heterocycles. The second-order valence-electron chi connectivity index (χ2n) is 49.2. The summed E-state index contributed by atoms with van der Waals surface area (Å²) < 4.78 is 130. The van der Waals surface area contributed by atoms with E-state index in [0.717, 1.165) is 171 Å². The van der Waals surface area contributed by atoms with Crippen LogP contribution in [0.3, 0.4) is 0 Å². The smallest absolute Gasteiger partial charge is 0.422 e. The summed E-state index contributed by atoms with van der Waals surface area (Å²) in [7, 11) is 5.01. The van der Waals surface area contributed by atoms with E-state index in [0.29, 0.717) is 126 Å². The predicted molar refractivity (Wildman–Crippen MR) is 488 cm³/mol. The van der Waals surface area contributed by atoms with E-state index in [9.17, 15) is 37.1 Å². The van der Waals surface area contributed by atoms with Crippen LogP contribution in [0, 0.1) is 118 Å². The summed E-state index contributed by atoms with van der Waals surface area (Å²) in [6.45, 7) is 51.4. The summed E-state index contributed by atoms with van der Waals surface area (Å²) in [5.41, 5.74) is -3.45. The number of alkyl halides is 3. The van der Waals surface area contributed by atoms with Crippen LogP contribution in [-0.2, 0) is 95.0 Å². The van der Waals surface area contributed by atoms with Gasteiger partial charge in [0.2, 0.25) is 0 Å². The molecule has 0 aromatic rings. The molecule has 0 aromatic carbocycles. The summed E-state index contributed by atoms with van der Waals surface area (Å²) in [6, 6.07) is 0. The molecule has 0 aliphatic heterocycles. The van der Waals surface area contributed by atoms with Gasteiger partial charge in [0.05, 0.1) is 40.7 Å². The van der Waals surface area contributed by atoms with Gasteiger partial charge in [0.25, 0.3) is 0 Å². The molecule has 23 heteroatoms. The van der Waals surface area contributed by atoms with Gasteiger partial charge in [0.15, 0.2) is 31.5 Å². The average Bonchev–Trinajstić information content (AvgIpc) is 1.50. The maximum absolute atomic E-state index is 12.8. The number of fused-ring (bicyclic) bond motifs is 5. The van der Waals surface area contributed by atoms with E-state index in [-0.39, 0.29) is 117 Å². The monoisotopic (exact) mass is 1830 g/mol. The minimum atomic E-state index is -4.77. The maximum atomic E-state index is 12.8. The van der Waals surface area contributed by atoms with E-state index in [1.54, 1.807) is 42.1 Å². The number of esters is 5. The molecule has 20 nitrogen and oxygen atoms in total. The third kappa shape index (κ3) is 22.7. The summed E-state index contributed by atoms with van der Waals surface area (Å²) in [5.74, 6) is 7.90. The Bertz CT molecular complexity index is 4020. The maximum Gasteiger partial charge on any atom is 0.422 e. The highest BCUT2D eigenvalue weighted by molar-refractivity contribution is 5.90. The molecule has 23 rings (SSSR count). The van der Waals surface area contributed by atoms with Crippen LogP contribution in [-0.4, -0.2) is 158 Å². The zero-order valence-electron chi connectivity index (χ0n) is 82.8. The van der Waals surface area contributed by atoms with Gasteiger partial charge < -0.3 is 71.1 Å². The quantitative estimate of drug-likeness (QED) is 0.0264. The molecule has 23 aliphatic carbocycles. The highest BCUT2D eigenvalue weighted by atomic mass is 19.4. The first-order valence-electron chi connectivity index (χ1n) is 50.5. The molecule has 0 N–H and O–H groups in total. The number of carbonyl (C=O) groups excluding carboxylic acids is 5. The number of ether oxygens (including phenoxy) is 15. The molecular weight excluding hydrogens is 1660 g/mol. The molecule has 0 amide bonds. The molecule has 22 bridgehead atoms. The fourth-order valence-electron chi connectivity index (χ4n) is 31.2. The Labute approximate surface area is 776 Å². The molecule has 20 unspecified atom stereocenters. The Hall–Kier alpha value is -4.56. The van der Waals surface area contributed by atoms with Gasteiger partial charge in [-0.3, -0.25) is 0 Å². The third-order valence-corrected chi connectivity index (χ3v) is 33.7. The lowest BCUT2D eigenvalue weighted by molar-refractivity contribution is -0.304. The SMILES string of the molecule is C=C(C(=O)OC12CC3CC(C1)CC(OC(OC)C(C)C)(C3)C2)C(F)(F)F.C=C(C)C(=O)OC12CC3CC(C1)CC(OC(OC)C(C)C)(C3)C2.C=C(C)C(=O)OC12CC3CC(C1)CC(OC(OC1CC4CC1C1CCCC41)C(C)C)(C3)C2.C=C(C)C(=O)OC12CC3CC(C1)CC(OC(OCC(C)(C)C)C(C)C)(C3)C2.C=CC(=O)OC12CC3CC(C1)CC(OC(OC)C(C)C)(C3)C2. The van der Waals surface area contributed by atoms with Gasteiger partial charge in [-0.25, -0.2) is 24.0 Å². The summed E-state index contributed by atoms with van der Waals surface area (Å²) in [4.78, 5) is 60.7. The molecule has 23 aliphatic rings. The van der Waals surface area contributed by atoms with Crippen LogP contribution in [0.4, 0.5) is 13.2 Å². The Morgan fingerprint density at radius 1 is 0.354 bits per heavy atom. The lowest BCUT2D eigenvalue weighted by Crippen LogP contribution is -2.62. The van der Waals surface area contributed by atoms with Crippen molar-refractivity contribution in [2.75, 3.05) is 27.9 Å². The van der Waals surface area contributed by atoms with Crippen LogP contribution in [0.1, 0.15) is 336 Å². The molecular formula is C107H165F3O20. The average molecular weight is 1830 g/mol. The predicted octanol–water partition coefficient (Wildman–Crippen LogP) is 23.0. The topological polar surface area (TPSA) is 224 Å². The van der Waals surface area contributed by atoms with Crippen LogP contribution in [0.25, 0.3) is 0 Å². The largest absolute Gasteiger partial charge is 0.456 e. The van der Waals surface area contributed by atoms with Crippen molar-refractivity contribution < 1.29 is 108 Å². The molecule has 23 fully saturated rings. The van der Waals surface area contributed by atoms with Crippen LogP contribution < -0.4 is 0 Å². The van der Waals surface area contributed by atoms with Crippen molar-refractivity contribution in [1.29, 1.82) is 0 Å². The lowest BCUT2D eigenvalue weighted by Gasteiger charge is -2.61. The third-order valence-electron chi connectivity index (χ3n) is 33.7. The van der Waals surface area contributed by atoms with Gasteiger partial charge in [-0.05, 0) is 295 Å². The van der Waals surface area contributed by atoms with Gasteiger partial charge in [-0.1, -0.05) is 129 Å². The van der Waals surface area contributed by atoms with E-state index in [1.165, 1.54) is 63.9 Å². The van der Waals surface area contributed by atoms with Crippen molar-refractivity contribution in [2.45, 2.75) is 435 Å². The number of carbonyl (C=O) groups is 5. The van der Waals surface area contributed by atoms with Gasteiger partial charge in [0, 0.05) is 106 Å².